The molecule has 8 nitrogen and oxygen atoms in total. The summed E-state index contributed by atoms with van der Waals surface area (Å²) in [5, 5.41) is 7.75. The van der Waals surface area contributed by atoms with Crippen LogP contribution in [0.3, 0.4) is 0 Å². The molecule has 192 valence electrons. The number of hydrazone groups is 1. The van der Waals surface area contributed by atoms with Gasteiger partial charge >= 0.3 is 0 Å². The Morgan fingerprint density at radius 3 is 2.54 bits per heavy atom. The maximum atomic E-state index is 12.8. The van der Waals surface area contributed by atoms with Crippen molar-refractivity contribution < 1.29 is 17.9 Å². The largest absolute Gasteiger partial charge is 0.379 e. The van der Waals surface area contributed by atoms with Crippen LogP contribution in [-0.2, 0) is 26.0 Å². The number of carbonyl (C=O) groups excluding carboxylic acids is 1. The Kier molecular flexibility index (Phi) is 7.61. The van der Waals surface area contributed by atoms with Gasteiger partial charge in [-0.3, -0.25) is 4.79 Å². The Morgan fingerprint density at radius 1 is 1.03 bits per heavy atom. The average molecular weight is 537 g/mol. The maximum Gasteiger partial charge on any atom is 0.243 e. The van der Waals surface area contributed by atoms with E-state index in [-0.39, 0.29) is 17.2 Å². The van der Waals surface area contributed by atoms with Gasteiger partial charge in [-0.25, -0.2) is 13.8 Å². The van der Waals surface area contributed by atoms with E-state index >= 15 is 0 Å². The zero-order valence-corrected chi connectivity index (χ0v) is 22.1. The number of amides is 1. The number of carbonyl (C=O) groups is 1. The van der Waals surface area contributed by atoms with E-state index < -0.39 is 10.0 Å². The smallest absolute Gasteiger partial charge is 0.243 e. The van der Waals surface area contributed by atoms with E-state index in [1.54, 1.807) is 36.0 Å². The summed E-state index contributed by atoms with van der Waals surface area (Å²) in [5.41, 5.74) is 7.24. The molecule has 37 heavy (non-hydrogen) atoms. The van der Waals surface area contributed by atoms with Gasteiger partial charge in [0.25, 0.3) is 0 Å². The van der Waals surface area contributed by atoms with Crippen molar-refractivity contribution >= 4 is 44.8 Å². The van der Waals surface area contributed by atoms with Gasteiger partial charge in [-0.2, -0.15) is 9.41 Å². The fourth-order valence-electron chi connectivity index (χ4n) is 4.15. The molecule has 3 aromatic rings. The van der Waals surface area contributed by atoms with Gasteiger partial charge in [0.1, 0.15) is 0 Å². The number of anilines is 2. The lowest BCUT2D eigenvalue weighted by atomic mass is 10.1. The van der Waals surface area contributed by atoms with Gasteiger partial charge in [0.05, 0.1) is 35.2 Å². The minimum absolute atomic E-state index is 0.204. The summed E-state index contributed by atoms with van der Waals surface area (Å²) in [6.07, 6.45) is 0.725. The number of nitrogens with one attached hydrogen (secondary N) is 2. The highest BCUT2D eigenvalue weighted by Gasteiger charge is 2.26. The Balaban J connectivity index is 1.15. The minimum Gasteiger partial charge on any atom is -0.379 e. The lowest BCUT2D eigenvalue weighted by Crippen LogP contribution is -2.40. The number of benzene rings is 3. The van der Waals surface area contributed by atoms with Crippen LogP contribution < -0.4 is 10.7 Å². The number of aryl methyl sites for hydroxylation is 1. The molecule has 2 heterocycles. The van der Waals surface area contributed by atoms with Gasteiger partial charge in [0, 0.05) is 29.3 Å². The number of hydrogen-bond donors (Lipinski definition) is 2. The van der Waals surface area contributed by atoms with E-state index in [2.05, 4.69) is 34.0 Å². The van der Waals surface area contributed by atoms with Crippen molar-refractivity contribution in [3.63, 3.8) is 0 Å². The summed E-state index contributed by atoms with van der Waals surface area (Å²) in [6.45, 7) is 3.40. The first-order chi connectivity index (χ1) is 17.9. The molecule has 0 spiro atoms. The standard InChI is InChI=1S/C27H28N4O4S2/c1-19(21-9-12-26-24(18-21)28-23-4-2-3-5-25(23)36-26)29-30-27(32)13-8-20-6-10-22(11-7-20)37(33,34)31-14-16-35-17-15-31/h2-7,9-12,18,28H,8,13-17H2,1H3,(H,30,32)/b29-19+. The van der Waals surface area contributed by atoms with Crippen molar-refractivity contribution in [3.05, 3.63) is 77.9 Å². The molecule has 0 aliphatic carbocycles. The lowest BCUT2D eigenvalue weighted by Gasteiger charge is -2.26. The predicted molar refractivity (Wildman–Crippen MR) is 145 cm³/mol. The first-order valence-corrected chi connectivity index (χ1v) is 14.3. The van der Waals surface area contributed by atoms with Crippen LogP contribution in [0.1, 0.15) is 24.5 Å². The van der Waals surface area contributed by atoms with Crippen LogP contribution in [0.25, 0.3) is 0 Å². The topological polar surface area (TPSA) is 100 Å². The summed E-state index contributed by atoms with van der Waals surface area (Å²) in [7, 11) is -3.52. The molecule has 3 aromatic carbocycles. The molecule has 0 saturated carbocycles. The summed E-state index contributed by atoms with van der Waals surface area (Å²) >= 11 is 1.72. The third kappa shape index (κ3) is 5.88. The van der Waals surface area contributed by atoms with E-state index in [1.165, 1.54) is 9.20 Å². The Morgan fingerprint density at radius 2 is 1.76 bits per heavy atom. The summed E-state index contributed by atoms with van der Waals surface area (Å²) in [4.78, 5) is 15.0. The number of sulfonamides is 1. The quantitative estimate of drug-likeness (QED) is 0.269. The van der Waals surface area contributed by atoms with Gasteiger partial charge in [0.2, 0.25) is 15.9 Å². The zero-order valence-electron chi connectivity index (χ0n) is 20.4. The normalized spacial score (nSPS) is 15.9. The monoisotopic (exact) mass is 536 g/mol. The van der Waals surface area contributed by atoms with Crippen LogP contribution in [-0.4, -0.2) is 50.6 Å². The second-order valence-corrected chi connectivity index (χ2v) is 11.8. The molecule has 0 bridgehead atoms. The predicted octanol–water partition coefficient (Wildman–Crippen LogP) is 4.39. The van der Waals surface area contributed by atoms with Crippen LogP contribution >= 0.6 is 11.8 Å². The molecule has 0 unspecified atom stereocenters. The number of nitrogens with zero attached hydrogens (tertiary/aromatic N) is 2. The van der Waals surface area contributed by atoms with Crippen LogP contribution in [0.4, 0.5) is 11.4 Å². The van der Waals surface area contributed by atoms with Crippen LogP contribution in [0.2, 0.25) is 0 Å². The Bertz CT molecular complexity index is 1430. The Labute approximate surface area is 221 Å². The van der Waals surface area contributed by atoms with Crippen molar-refractivity contribution in [1.82, 2.24) is 9.73 Å². The zero-order chi connectivity index (χ0) is 25.8. The van der Waals surface area contributed by atoms with E-state index in [9.17, 15) is 13.2 Å². The van der Waals surface area contributed by atoms with Gasteiger partial charge in [-0.1, -0.05) is 42.1 Å². The lowest BCUT2D eigenvalue weighted by molar-refractivity contribution is -0.121. The van der Waals surface area contributed by atoms with Gasteiger partial charge < -0.3 is 10.1 Å². The molecule has 0 atom stereocenters. The highest BCUT2D eigenvalue weighted by Crippen LogP contribution is 2.44. The average Bonchev–Trinajstić information content (AvgIpc) is 2.94. The molecule has 1 saturated heterocycles. The van der Waals surface area contributed by atoms with Crippen molar-refractivity contribution in [2.24, 2.45) is 5.10 Å². The number of hydrogen-bond acceptors (Lipinski definition) is 7. The van der Waals surface area contributed by atoms with Crippen LogP contribution in [0.15, 0.2) is 86.5 Å². The number of morpholine rings is 1. The highest BCUT2D eigenvalue weighted by atomic mass is 32.2. The number of para-hydroxylation sites is 1. The van der Waals surface area contributed by atoms with Gasteiger partial charge in [-0.05, 0) is 60.9 Å². The number of ether oxygens (including phenoxy) is 1. The van der Waals surface area contributed by atoms with Crippen LogP contribution in [0, 0.1) is 0 Å². The molecule has 0 aromatic heterocycles. The summed E-state index contributed by atoms with van der Waals surface area (Å²) < 4.78 is 32.2. The second kappa shape index (κ2) is 11.1. The third-order valence-corrected chi connectivity index (χ3v) is 9.36. The maximum absolute atomic E-state index is 12.8. The van der Waals surface area contributed by atoms with E-state index in [4.69, 9.17) is 4.74 Å². The fourth-order valence-corrected chi connectivity index (χ4v) is 6.53. The first-order valence-electron chi connectivity index (χ1n) is 12.1. The molecule has 1 amide bonds. The highest BCUT2D eigenvalue weighted by molar-refractivity contribution is 7.99. The molecular weight excluding hydrogens is 508 g/mol. The molecule has 5 rings (SSSR count). The Hall–Kier alpha value is -3.18. The number of rotatable bonds is 7. The minimum atomic E-state index is -3.52. The fraction of sp³-hybridized carbons (Fsp3) is 0.259. The van der Waals surface area contributed by atoms with Gasteiger partial charge in [-0.15, -0.1) is 0 Å². The molecule has 2 aliphatic heterocycles. The molecule has 1 fully saturated rings. The first kappa shape index (κ1) is 25.5. The summed E-state index contributed by atoms with van der Waals surface area (Å²) in [6, 6.07) is 21.0. The SMILES string of the molecule is C/C(=N\NC(=O)CCc1ccc(S(=O)(=O)N2CCOCC2)cc1)c1ccc2c(c1)Nc1ccccc1S2. The van der Waals surface area contributed by atoms with Crippen molar-refractivity contribution in [1.29, 1.82) is 0 Å². The van der Waals surface area contributed by atoms with E-state index in [0.29, 0.717) is 38.4 Å². The molecule has 10 heteroatoms. The second-order valence-electron chi connectivity index (χ2n) is 8.83. The van der Waals surface area contributed by atoms with Crippen molar-refractivity contribution in [2.45, 2.75) is 34.5 Å². The van der Waals surface area contributed by atoms with Crippen LogP contribution in [0.5, 0.6) is 0 Å². The molecule has 0 radical (unpaired) electrons. The molecule has 2 N–H and O–H groups in total. The van der Waals surface area contributed by atoms with E-state index in [0.717, 1.165) is 27.4 Å². The molecule has 2 aliphatic rings. The third-order valence-electron chi connectivity index (χ3n) is 6.29. The van der Waals surface area contributed by atoms with E-state index in [1.807, 2.05) is 31.2 Å². The van der Waals surface area contributed by atoms with Gasteiger partial charge in [0.15, 0.2) is 0 Å². The van der Waals surface area contributed by atoms with Crippen molar-refractivity contribution in [3.8, 4) is 0 Å². The summed E-state index contributed by atoms with van der Waals surface area (Å²) in [5.74, 6) is -0.204. The molecular formula is C27H28N4O4S2. The number of fused-ring (bicyclic) bond motifs is 2. The van der Waals surface area contributed by atoms with Crippen molar-refractivity contribution in [2.75, 3.05) is 31.6 Å².